The molecule has 1 atom stereocenters. The van der Waals surface area contributed by atoms with Crippen LogP contribution in [0.25, 0.3) is 11.7 Å². The lowest BCUT2D eigenvalue weighted by Gasteiger charge is -2.35. The number of furan rings is 1. The summed E-state index contributed by atoms with van der Waals surface area (Å²) >= 11 is 0. The Morgan fingerprint density at radius 3 is 2.75 bits per heavy atom. The van der Waals surface area contributed by atoms with E-state index in [0.717, 1.165) is 13.1 Å². The van der Waals surface area contributed by atoms with Crippen LogP contribution in [0.2, 0.25) is 0 Å². The predicted molar refractivity (Wildman–Crippen MR) is 87.3 cm³/mol. The van der Waals surface area contributed by atoms with Crippen LogP contribution in [-0.4, -0.2) is 64.6 Å². The number of nitrogens with zero attached hydrogens (tertiary/aromatic N) is 3. The first-order valence-corrected chi connectivity index (χ1v) is 8.21. The van der Waals surface area contributed by atoms with Gasteiger partial charge in [-0.25, -0.2) is 4.98 Å². The van der Waals surface area contributed by atoms with Gasteiger partial charge in [0, 0.05) is 32.7 Å². The largest absolute Gasteiger partial charge is 0.459 e. The molecule has 2 aromatic heterocycles. The Kier molecular flexibility index (Phi) is 5.01. The monoisotopic (exact) mass is 333 g/mol. The molecule has 1 aliphatic rings. The van der Waals surface area contributed by atoms with E-state index < -0.39 is 0 Å². The zero-order chi connectivity index (χ0) is 17.1. The van der Waals surface area contributed by atoms with Crippen molar-refractivity contribution in [2.75, 3.05) is 32.7 Å². The van der Waals surface area contributed by atoms with Crippen LogP contribution in [0, 0.1) is 6.92 Å². The topological polar surface area (TPSA) is 83.0 Å². The second-order valence-corrected chi connectivity index (χ2v) is 6.21. The van der Waals surface area contributed by atoms with Crippen LogP contribution in [0.4, 0.5) is 0 Å². The average molecular weight is 333 g/mol. The van der Waals surface area contributed by atoms with Crippen LogP contribution < -0.4 is 0 Å². The van der Waals surface area contributed by atoms with Gasteiger partial charge in [0.1, 0.15) is 5.76 Å². The maximum atomic E-state index is 12.5. The Morgan fingerprint density at radius 1 is 1.38 bits per heavy atom. The fraction of sp³-hybridized carbons (Fsp3) is 0.529. The number of hydrogen-bond donors (Lipinski definition) is 1. The van der Waals surface area contributed by atoms with E-state index in [9.17, 15) is 9.90 Å². The molecule has 1 amide bonds. The fourth-order valence-corrected chi connectivity index (χ4v) is 2.91. The number of rotatable bonds is 5. The molecule has 0 radical (unpaired) electrons. The molecule has 0 unspecified atom stereocenters. The molecule has 0 aromatic carbocycles. The summed E-state index contributed by atoms with van der Waals surface area (Å²) < 4.78 is 10.9. The van der Waals surface area contributed by atoms with Crippen LogP contribution in [-0.2, 0) is 11.2 Å². The normalized spacial score (nSPS) is 17.2. The van der Waals surface area contributed by atoms with Crippen molar-refractivity contribution in [3.05, 3.63) is 29.9 Å². The summed E-state index contributed by atoms with van der Waals surface area (Å²) in [5.74, 6) is 1.65. The molecule has 1 aliphatic heterocycles. The minimum atomic E-state index is -0.343. The van der Waals surface area contributed by atoms with Gasteiger partial charge in [-0.2, -0.15) is 0 Å². The molecule has 2 aromatic rings. The van der Waals surface area contributed by atoms with Gasteiger partial charge in [-0.15, -0.1) is 0 Å². The first-order valence-electron chi connectivity index (χ1n) is 8.21. The number of piperazine rings is 1. The molecule has 7 heteroatoms. The van der Waals surface area contributed by atoms with Gasteiger partial charge in [-0.1, -0.05) is 0 Å². The molecule has 3 rings (SSSR count). The number of aryl methyl sites for hydroxylation is 1. The van der Waals surface area contributed by atoms with Crippen molar-refractivity contribution in [1.29, 1.82) is 0 Å². The number of amides is 1. The van der Waals surface area contributed by atoms with E-state index >= 15 is 0 Å². The number of β-amino-alcohol motifs (C(OH)–C–C–N with tert-alkyl or cyclic N) is 1. The quantitative estimate of drug-likeness (QED) is 0.888. The lowest BCUT2D eigenvalue weighted by atomic mass is 10.2. The molecule has 0 spiro atoms. The Bertz CT molecular complexity index is 670. The highest BCUT2D eigenvalue weighted by atomic mass is 16.4. The first-order chi connectivity index (χ1) is 11.5. The SMILES string of the molecule is Cc1oc(-c2ccco2)nc1CC(=O)N1CCN(C[C@@H](C)O)CC1. The van der Waals surface area contributed by atoms with Gasteiger partial charge >= 0.3 is 0 Å². The molecular formula is C17H23N3O4. The van der Waals surface area contributed by atoms with Crippen LogP contribution in [0.1, 0.15) is 18.4 Å². The Hall–Kier alpha value is -2.12. The Morgan fingerprint density at radius 2 is 2.12 bits per heavy atom. The lowest BCUT2D eigenvalue weighted by Crippen LogP contribution is -2.50. The van der Waals surface area contributed by atoms with Crippen molar-refractivity contribution in [2.45, 2.75) is 26.4 Å². The van der Waals surface area contributed by atoms with E-state index in [2.05, 4.69) is 9.88 Å². The zero-order valence-corrected chi connectivity index (χ0v) is 14.1. The number of aliphatic hydroxyl groups excluding tert-OH is 1. The molecule has 3 heterocycles. The van der Waals surface area contributed by atoms with E-state index in [0.29, 0.717) is 42.7 Å². The number of carbonyl (C=O) groups is 1. The maximum Gasteiger partial charge on any atom is 0.263 e. The van der Waals surface area contributed by atoms with E-state index in [4.69, 9.17) is 8.83 Å². The third-order valence-electron chi connectivity index (χ3n) is 4.19. The van der Waals surface area contributed by atoms with Gasteiger partial charge in [-0.3, -0.25) is 9.69 Å². The Labute approximate surface area is 140 Å². The van der Waals surface area contributed by atoms with Crippen molar-refractivity contribution in [3.8, 4) is 11.7 Å². The van der Waals surface area contributed by atoms with Gasteiger partial charge in [0.2, 0.25) is 5.91 Å². The predicted octanol–water partition coefficient (Wildman–Crippen LogP) is 1.31. The van der Waals surface area contributed by atoms with Crippen molar-refractivity contribution >= 4 is 5.91 Å². The molecule has 130 valence electrons. The number of aliphatic hydroxyl groups is 1. The molecule has 1 fully saturated rings. The maximum absolute atomic E-state index is 12.5. The van der Waals surface area contributed by atoms with E-state index in [1.165, 1.54) is 0 Å². The molecule has 24 heavy (non-hydrogen) atoms. The highest BCUT2D eigenvalue weighted by Crippen LogP contribution is 2.22. The van der Waals surface area contributed by atoms with E-state index in [1.807, 2.05) is 11.8 Å². The highest BCUT2D eigenvalue weighted by Gasteiger charge is 2.24. The second kappa shape index (κ2) is 7.19. The number of oxazole rings is 1. The van der Waals surface area contributed by atoms with Crippen LogP contribution in [0.5, 0.6) is 0 Å². The molecule has 1 saturated heterocycles. The summed E-state index contributed by atoms with van der Waals surface area (Å²) in [6.07, 6.45) is 1.45. The fourth-order valence-electron chi connectivity index (χ4n) is 2.91. The standard InChI is InChI=1S/C17H23N3O4/c1-12(21)11-19-5-7-20(8-6-19)16(22)10-14-13(2)24-17(18-14)15-4-3-9-23-15/h3-4,9,12,21H,5-8,10-11H2,1-2H3/t12-/m1/s1. The van der Waals surface area contributed by atoms with Crippen molar-refractivity contribution < 1.29 is 18.7 Å². The smallest absolute Gasteiger partial charge is 0.263 e. The number of aromatic nitrogens is 1. The molecular weight excluding hydrogens is 310 g/mol. The third-order valence-corrected chi connectivity index (χ3v) is 4.19. The summed E-state index contributed by atoms with van der Waals surface area (Å²) in [5.41, 5.74) is 0.651. The van der Waals surface area contributed by atoms with Gasteiger partial charge in [0.15, 0.2) is 5.76 Å². The van der Waals surface area contributed by atoms with Crippen LogP contribution in [0.15, 0.2) is 27.2 Å². The van der Waals surface area contributed by atoms with Gasteiger partial charge in [-0.05, 0) is 26.0 Å². The van der Waals surface area contributed by atoms with E-state index in [1.54, 1.807) is 25.3 Å². The van der Waals surface area contributed by atoms with Crippen molar-refractivity contribution in [2.24, 2.45) is 0 Å². The second-order valence-electron chi connectivity index (χ2n) is 6.21. The van der Waals surface area contributed by atoms with E-state index in [-0.39, 0.29) is 18.4 Å². The molecule has 7 nitrogen and oxygen atoms in total. The number of carbonyl (C=O) groups excluding carboxylic acids is 1. The average Bonchev–Trinajstić information content (AvgIpc) is 3.18. The minimum absolute atomic E-state index is 0.0501. The first kappa shape index (κ1) is 16.7. The van der Waals surface area contributed by atoms with Gasteiger partial charge in [0.05, 0.1) is 24.5 Å². The van der Waals surface area contributed by atoms with Crippen LogP contribution in [0.3, 0.4) is 0 Å². The highest BCUT2D eigenvalue weighted by molar-refractivity contribution is 5.78. The summed E-state index contributed by atoms with van der Waals surface area (Å²) in [7, 11) is 0. The molecule has 0 aliphatic carbocycles. The van der Waals surface area contributed by atoms with Crippen molar-refractivity contribution in [3.63, 3.8) is 0 Å². The summed E-state index contributed by atoms with van der Waals surface area (Å²) in [6.45, 7) is 7.15. The van der Waals surface area contributed by atoms with Gasteiger partial charge in [0.25, 0.3) is 5.89 Å². The zero-order valence-electron chi connectivity index (χ0n) is 14.1. The lowest BCUT2D eigenvalue weighted by molar-refractivity contribution is -0.132. The molecule has 1 N–H and O–H groups in total. The molecule has 0 saturated carbocycles. The Balaban J connectivity index is 1.58. The van der Waals surface area contributed by atoms with Gasteiger partial charge < -0.3 is 18.8 Å². The summed E-state index contributed by atoms with van der Waals surface area (Å²) in [6, 6.07) is 3.55. The summed E-state index contributed by atoms with van der Waals surface area (Å²) in [5, 5.41) is 9.44. The number of hydrogen-bond acceptors (Lipinski definition) is 6. The van der Waals surface area contributed by atoms with Crippen molar-refractivity contribution in [1.82, 2.24) is 14.8 Å². The van der Waals surface area contributed by atoms with Crippen LogP contribution >= 0.6 is 0 Å². The molecule has 0 bridgehead atoms. The minimum Gasteiger partial charge on any atom is -0.459 e. The third kappa shape index (κ3) is 3.85. The summed E-state index contributed by atoms with van der Waals surface area (Å²) in [4.78, 5) is 20.9.